The molecular formula is C45H76NO10P. The van der Waals surface area contributed by atoms with Gasteiger partial charge in [0.15, 0.2) is 6.10 Å². The summed E-state index contributed by atoms with van der Waals surface area (Å²) in [5.41, 5.74) is 7.97. The third kappa shape index (κ3) is 24.9. The Morgan fingerprint density at radius 1 is 0.737 bits per heavy atom. The van der Waals surface area contributed by atoms with E-state index in [-0.39, 0.29) is 44.8 Å². The maximum atomic E-state index is 12.7. The standard InChI is InChI=1S/C45H76NO10P/c1-5-7-8-9-10-11-12-13-14-18-21-24-29-42-43(56-42)30-26-32-44(47)51-35-39(36-53-57(49,50)52-34-33-46)54-45(48)31-25-22-19-16-15-17-20-23-28-41-38(4)37(3)40(55-41)27-6-2/h10-11,13-14,21,24,39,42-43H,5-9,12,15-20,22-23,25-36,46H2,1-4H3,(H,49,50)/b11-10-,14-13-,24-21-/t39-,42?,43?/m1/s1. The van der Waals surface area contributed by atoms with Crippen molar-refractivity contribution in [2.24, 2.45) is 5.73 Å². The molecule has 4 atom stereocenters. The summed E-state index contributed by atoms with van der Waals surface area (Å²) in [6.45, 7) is 7.82. The largest absolute Gasteiger partial charge is 0.472 e. The molecule has 0 radical (unpaired) electrons. The monoisotopic (exact) mass is 822 g/mol. The summed E-state index contributed by atoms with van der Waals surface area (Å²) in [6.07, 6.45) is 33.3. The topological polar surface area (TPSA) is 160 Å². The molecule has 0 spiro atoms. The second-order valence-electron chi connectivity index (χ2n) is 15.2. The van der Waals surface area contributed by atoms with Gasteiger partial charge in [0.1, 0.15) is 18.1 Å². The first-order valence-corrected chi connectivity index (χ1v) is 23.4. The van der Waals surface area contributed by atoms with Crippen molar-refractivity contribution in [1.29, 1.82) is 0 Å². The number of phosphoric ester groups is 1. The van der Waals surface area contributed by atoms with Crippen LogP contribution in [0.1, 0.15) is 165 Å². The molecule has 0 amide bonds. The number of ether oxygens (including phenoxy) is 3. The van der Waals surface area contributed by atoms with Crippen molar-refractivity contribution in [2.75, 3.05) is 26.4 Å². The van der Waals surface area contributed by atoms with Gasteiger partial charge in [-0.25, -0.2) is 4.57 Å². The van der Waals surface area contributed by atoms with Gasteiger partial charge in [0, 0.05) is 32.2 Å². The van der Waals surface area contributed by atoms with E-state index in [1.807, 2.05) is 0 Å². The van der Waals surface area contributed by atoms with Crippen LogP contribution in [0.2, 0.25) is 0 Å². The van der Waals surface area contributed by atoms with E-state index in [0.29, 0.717) is 12.8 Å². The number of aryl methyl sites for hydroxylation is 2. The third-order valence-electron chi connectivity index (χ3n) is 10.1. The molecule has 2 rings (SSSR count). The Balaban J connectivity index is 1.59. The van der Waals surface area contributed by atoms with Crippen molar-refractivity contribution in [3.63, 3.8) is 0 Å². The highest BCUT2D eigenvalue weighted by molar-refractivity contribution is 7.47. The van der Waals surface area contributed by atoms with Crippen LogP contribution in [0.4, 0.5) is 0 Å². The molecule has 3 N–H and O–H groups in total. The number of rotatable bonds is 36. The van der Waals surface area contributed by atoms with Crippen molar-refractivity contribution in [3.8, 4) is 0 Å². The lowest BCUT2D eigenvalue weighted by atomic mass is 10.0. The quantitative estimate of drug-likeness (QED) is 0.0218. The molecule has 1 fully saturated rings. The molecule has 1 aliphatic rings. The number of carbonyl (C=O) groups is 2. The SMILES string of the molecule is CCCCC/C=C\C/C=C\C/C=C\CC1OC1CCCC(=O)OC[C@H](COP(=O)(O)OCCN)OC(=O)CCCCCCCCCCc1oc(CCC)c(C)c1C. The minimum atomic E-state index is -4.41. The van der Waals surface area contributed by atoms with Crippen LogP contribution in [0, 0.1) is 13.8 Å². The van der Waals surface area contributed by atoms with Crippen molar-refractivity contribution < 1.29 is 46.7 Å². The predicted molar refractivity (Wildman–Crippen MR) is 227 cm³/mol. The van der Waals surface area contributed by atoms with E-state index in [1.54, 1.807) is 0 Å². The molecule has 0 bridgehead atoms. The number of hydrogen-bond acceptors (Lipinski definition) is 10. The Hall–Kier alpha value is -2.53. The first kappa shape index (κ1) is 50.6. The van der Waals surface area contributed by atoms with Gasteiger partial charge in [-0.05, 0) is 89.2 Å². The number of esters is 2. The van der Waals surface area contributed by atoms with Crippen LogP contribution in [0.15, 0.2) is 40.9 Å². The van der Waals surface area contributed by atoms with Crippen LogP contribution < -0.4 is 5.73 Å². The maximum absolute atomic E-state index is 12.7. The van der Waals surface area contributed by atoms with Gasteiger partial charge in [-0.3, -0.25) is 18.6 Å². The highest BCUT2D eigenvalue weighted by Crippen LogP contribution is 2.43. The first-order valence-electron chi connectivity index (χ1n) is 21.9. The molecule has 0 saturated carbocycles. The van der Waals surface area contributed by atoms with E-state index in [4.69, 9.17) is 33.4 Å². The van der Waals surface area contributed by atoms with Gasteiger partial charge in [0.2, 0.25) is 0 Å². The average molecular weight is 822 g/mol. The summed E-state index contributed by atoms with van der Waals surface area (Å²) in [7, 11) is -4.41. The molecule has 1 aromatic rings. The summed E-state index contributed by atoms with van der Waals surface area (Å²) >= 11 is 0. The second-order valence-corrected chi connectivity index (χ2v) is 16.6. The summed E-state index contributed by atoms with van der Waals surface area (Å²) in [5, 5.41) is 0. The fourth-order valence-electron chi connectivity index (χ4n) is 6.53. The number of unbranched alkanes of at least 4 members (excludes halogenated alkanes) is 10. The number of allylic oxidation sites excluding steroid dienone is 5. The average Bonchev–Trinajstić information content (AvgIpc) is 3.89. The van der Waals surface area contributed by atoms with Gasteiger partial charge in [-0.15, -0.1) is 0 Å². The zero-order valence-electron chi connectivity index (χ0n) is 35.7. The molecule has 3 unspecified atom stereocenters. The molecule has 2 heterocycles. The number of epoxide rings is 1. The predicted octanol–water partition coefficient (Wildman–Crippen LogP) is 10.8. The van der Waals surface area contributed by atoms with E-state index in [0.717, 1.165) is 95.0 Å². The van der Waals surface area contributed by atoms with Gasteiger partial charge in [0.05, 0.1) is 25.4 Å². The highest BCUT2D eigenvalue weighted by Gasteiger charge is 2.36. The Morgan fingerprint density at radius 2 is 1.37 bits per heavy atom. The van der Waals surface area contributed by atoms with E-state index in [9.17, 15) is 19.0 Å². The normalized spacial score (nSPS) is 17.2. The summed E-state index contributed by atoms with van der Waals surface area (Å²) in [5.74, 6) is 1.35. The number of nitrogens with two attached hydrogens (primary N) is 1. The number of hydrogen-bond donors (Lipinski definition) is 2. The maximum Gasteiger partial charge on any atom is 0.472 e. The molecule has 326 valence electrons. The van der Waals surface area contributed by atoms with Gasteiger partial charge < -0.3 is 29.3 Å². The zero-order chi connectivity index (χ0) is 41.6. The van der Waals surface area contributed by atoms with Crippen LogP contribution >= 0.6 is 7.82 Å². The first-order chi connectivity index (χ1) is 27.6. The van der Waals surface area contributed by atoms with Crippen LogP contribution in [0.25, 0.3) is 0 Å². The number of phosphoric acid groups is 1. The van der Waals surface area contributed by atoms with E-state index >= 15 is 0 Å². The van der Waals surface area contributed by atoms with Gasteiger partial charge in [-0.1, -0.05) is 102 Å². The van der Waals surface area contributed by atoms with Crippen molar-refractivity contribution in [2.45, 2.75) is 187 Å². The lowest BCUT2D eigenvalue weighted by molar-refractivity contribution is -0.161. The zero-order valence-corrected chi connectivity index (χ0v) is 36.6. The van der Waals surface area contributed by atoms with E-state index in [2.05, 4.69) is 64.2 Å². The lowest BCUT2D eigenvalue weighted by Crippen LogP contribution is -2.29. The molecule has 0 aromatic carbocycles. The molecular weight excluding hydrogens is 745 g/mol. The third-order valence-corrected chi connectivity index (χ3v) is 11.1. The van der Waals surface area contributed by atoms with Crippen molar-refractivity contribution >= 4 is 19.8 Å². The fourth-order valence-corrected chi connectivity index (χ4v) is 7.30. The molecule has 0 aliphatic carbocycles. The minimum Gasteiger partial charge on any atom is -0.466 e. The van der Waals surface area contributed by atoms with Gasteiger partial charge >= 0.3 is 19.8 Å². The molecule has 57 heavy (non-hydrogen) atoms. The molecule has 1 aliphatic heterocycles. The molecule has 11 nitrogen and oxygen atoms in total. The Labute approximate surface area is 344 Å². The highest BCUT2D eigenvalue weighted by atomic mass is 31.2. The molecule has 12 heteroatoms. The molecule has 1 aromatic heterocycles. The fraction of sp³-hybridized carbons (Fsp3) is 0.733. The number of furan rings is 1. The Morgan fingerprint density at radius 3 is 2.05 bits per heavy atom. The van der Waals surface area contributed by atoms with Crippen molar-refractivity contribution in [3.05, 3.63) is 59.1 Å². The smallest absolute Gasteiger partial charge is 0.466 e. The van der Waals surface area contributed by atoms with Gasteiger partial charge in [0.25, 0.3) is 0 Å². The van der Waals surface area contributed by atoms with Crippen LogP contribution in [0.5, 0.6) is 0 Å². The summed E-state index contributed by atoms with van der Waals surface area (Å²) in [4.78, 5) is 35.1. The van der Waals surface area contributed by atoms with Gasteiger partial charge in [-0.2, -0.15) is 0 Å². The van der Waals surface area contributed by atoms with E-state index in [1.165, 1.54) is 43.2 Å². The Bertz CT molecular complexity index is 1370. The molecule has 1 saturated heterocycles. The van der Waals surface area contributed by atoms with Crippen LogP contribution in [0.3, 0.4) is 0 Å². The lowest BCUT2D eigenvalue weighted by Gasteiger charge is -2.19. The summed E-state index contributed by atoms with van der Waals surface area (Å²) < 4.78 is 44.7. The van der Waals surface area contributed by atoms with Crippen LogP contribution in [-0.4, -0.2) is 61.5 Å². The van der Waals surface area contributed by atoms with Crippen LogP contribution in [-0.2, 0) is 50.3 Å². The van der Waals surface area contributed by atoms with Crippen molar-refractivity contribution in [1.82, 2.24) is 0 Å². The Kier molecular flexibility index (Phi) is 27.9. The summed E-state index contributed by atoms with van der Waals surface area (Å²) in [6, 6.07) is 0. The minimum absolute atomic E-state index is 0.0353. The second kappa shape index (κ2) is 31.4. The van der Waals surface area contributed by atoms with E-state index < -0.39 is 32.5 Å². The number of carbonyl (C=O) groups excluding carboxylic acids is 2.